The summed E-state index contributed by atoms with van der Waals surface area (Å²) in [6.07, 6.45) is 0.521. The number of ketones is 1. The van der Waals surface area contributed by atoms with Crippen LogP contribution in [0.4, 0.5) is 5.69 Å². The van der Waals surface area contributed by atoms with Gasteiger partial charge in [-0.3, -0.25) is 4.79 Å². The molecule has 1 unspecified atom stereocenters. The van der Waals surface area contributed by atoms with Gasteiger partial charge < -0.3 is 5.73 Å². The summed E-state index contributed by atoms with van der Waals surface area (Å²) < 4.78 is 0. The van der Waals surface area contributed by atoms with Crippen LogP contribution in [-0.2, 0) is 0 Å². The molecule has 0 fully saturated rings. The van der Waals surface area contributed by atoms with Gasteiger partial charge in [0.15, 0.2) is 5.78 Å². The molecule has 2 rings (SSSR count). The number of nitrogens with two attached hydrogens (primary N) is 1. The van der Waals surface area contributed by atoms with E-state index in [1.165, 1.54) is 11.1 Å². The number of benzene rings is 2. The number of hydrogen-bond donors (Lipinski definition) is 1. The number of nitrogen functional groups attached to an aromatic ring is 1. The maximum Gasteiger partial charge on any atom is 0.163 e. The Labute approximate surface area is 127 Å². The van der Waals surface area contributed by atoms with E-state index in [0.717, 1.165) is 22.4 Å². The fourth-order valence-electron chi connectivity index (χ4n) is 2.59. The highest BCUT2D eigenvalue weighted by molar-refractivity contribution is 5.98. The van der Waals surface area contributed by atoms with Gasteiger partial charge in [0.05, 0.1) is 0 Å². The minimum absolute atomic E-state index is 0.194. The van der Waals surface area contributed by atoms with Crippen molar-refractivity contribution in [1.82, 2.24) is 0 Å². The van der Waals surface area contributed by atoms with E-state index in [-0.39, 0.29) is 11.7 Å². The van der Waals surface area contributed by atoms with E-state index in [1.807, 2.05) is 37.3 Å². The molecule has 2 N–H and O–H groups in total. The number of rotatable bonds is 4. The highest BCUT2D eigenvalue weighted by atomic mass is 16.1. The number of hydrogen-bond acceptors (Lipinski definition) is 2. The first-order valence-electron chi connectivity index (χ1n) is 7.35. The van der Waals surface area contributed by atoms with Gasteiger partial charge in [-0.2, -0.15) is 0 Å². The Morgan fingerprint density at radius 1 is 1.00 bits per heavy atom. The highest BCUT2D eigenvalue weighted by Gasteiger charge is 2.15. The number of Topliss-reactive ketones (excluding diaryl/α,β-unsaturated/α-hetero) is 1. The van der Waals surface area contributed by atoms with E-state index in [4.69, 9.17) is 5.73 Å². The van der Waals surface area contributed by atoms with E-state index in [0.29, 0.717) is 6.42 Å². The summed E-state index contributed by atoms with van der Waals surface area (Å²) in [5.74, 6) is 0.402. The fourth-order valence-corrected chi connectivity index (χ4v) is 2.59. The van der Waals surface area contributed by atoms with Crippen LogP contribution in [0.2, 0.25) is 0 Å². The average Bonchev–Trinajstić information content (AvgIpc) is 2.43. The van der Waals surface area contributed by atoms with Crippen LogP contribution in [-0.4, -0.2) is 5.78 Å². The van der Waals surface area contributed by atoms with Crippen LogP contribution >= 0.6 is 0 Å². The van der Waals surface area contributed by atoms with Gasteiger partial charge in [0.2, 0.25) is 0 Å². The third-order valence-corrected chi connectivity index (χ3v) is 4.14. The molecule has 21 heavy (non-hydrogen) atoms. The van der Waals surface area contributed by atoms with Gasteiger partial charge in [-0.1, -0.05) is 25.1 Å². The van der Waals surface area contributed by atoms with E-state index < -0.39 is 0 Å². The molecule has 110 valence electrons. The molecular formula is C19H23NO. The van der Waals surface area contributed by atoms with E-state index in [1.54, 1.807) is 0 Å². The molecule has 0 aliphatic heterocycles. The maximum atomic E-state index is 12.6. The zero-order valence-corrected chi connectivity index (χ0v) is 13.2. The lowest BCUT2D eigenvalue weighted by Gasteiger charge is -2.14. The summed E-state index contributed by atoms with van der Waals surface area (Å²) in [5, 5.41) is 0. The molecule has 0 aromatic heterocycles. The molecule has 0 aliphatic rings. The molecule has 0 aliphatic carbocycles. The molecule has 0 saturated heterocycles. The molecule has 2 nitrogen and oxygen atoms in total. The topological polar surface area (TPSA) is 43.1 Å². The third-order valence-electron chi connectivity index (χ3n) is 4.14. The summed E-state index contributed by atoms with van der Waals surface area (Å²) in [7, 11) is 0. The summed E-state index contributed by atoms with van der Waals surface area (Å²) in [6, 6.07) is 11.9. The molecule has 0 amide bonds. The summed E-state index contributed by atoms with van der Waals surface area (Å²) >= 11 is 0. The Hall–Kier alpha value is -2.09. The number of anilines is 1. The number of aryl methyl sites for hydroxylation is 3. The van der Waals surface area contributed by atoms with Crippen LogP contribution in [0, 0.1) is 20.8 Å². The smallest absolute Gasteiger partial charge is 0.163 e. The highest BCUT2D eigenvalue weighted by Crippen LogP contribution is 2.24. The second kappa shape index (κ2) is 6.13. The minimum atomic E-state index is 0.194. The molecule has 0 bridgehead atoms. The molecule has 0 radical (unpaired) electrons. The van der Waals surface area contributed by atoms with Gasteiger partial charge in [0, 0.05) is 17.7 Å². The van der Waals surface area contributed by atoms with Crippen molar-refractivity contribution < 1.29 is 4.79 Å². The molecule has 0 saturated carbocycles. The van der Waals surface area contributed by atoms with Gasteiger partial charge in [-0.25, -0.2) is 0 Å². The molecule has 1 atom stereocenters. The Morgan fingerprint density at radius 3 is 2.19 bits per heavy atom. The molecule has 2 heteroatoms. The van der Waals surface area contributed by atoms with Crippen molar-refractivity contribution in [3.8, 4) is 0 Å². The minimum Gasteiger partial charge on any atom is -0.399 e. The molecule has 2 aromatic rings. The van der Waals surface area contributed by atoms with Crippen LogP contribution in [0.3, 0.4) is 0 Å². The second-order valence-corrected chi connectivity index (χ2v) is 5.95. The Bertz CT molecular complexity index is 656. The summed E-state index contributed by atoms with van der Waals surface area (Å²) in [5.41, 5.74) is 11.9. The quantitative estimate of drug-likeness (QED) is 0.659. The lowest BCUT2D eigenvalue weighted by atomic mass is 9.90. The zero-order valence-electron chi connectivity index (χ0n) is 13.2. The Kier molecular flexibility index (Phi) is 4.46. The second-order valence-electron chi connectivity index (χ2n) is 5.95. The van der Waals surface area contributed by atoms with Gasteiger partial charge >= 0.3 is 0 Å². The van der Waals surface area contributed by atoms with Crippen LogP contribution in [0.1, 0.15) is 51.9 Å². The van der Waals surface area contributed by atoms with Crippen molar-refractivity contribution in [3.63, 3.8) is 0 Å². The Balaban J connectivity index is 2.18. The lowest BCUT2D eigenvalue weighted by molar-refractivity contribution is 0.0975. The summed E-state index contributed by atoms with van der Waals surface area (Å²) in [6.45, 7) is 8.22. The molecule has 0 heterocycles. The molecule has 2 aromatic carbocycles. The van der Waals surface area contributed by atoms with Gasteiger partial charge in [0.1, 0.15) is 0 Å². The largest absolute Gasteiger partial charge is 0.399 e. The van der Waals surface area contributed by atoms with Crippen LogP contribution in [0.15, 0.2) is 36.4 Å². The predicted molar refractivity (Wildman–Crippen MR) is 88.9 cm³/mol. The van der Waals surface area contributed by atoms with Crippen LogP contribution in [0.5, 0.6) is 0 Å². The standard InChI is InChI=1S/C19H23NO/c1-12-9-15(4)18(10-13(12)2)19(21)11-14(3)16-5-7-17(20)8-6-16/h5-10,14H,11,20H2,1-4H3. The first-order chi connectivity index (χ1) is 9.88. The molecular weight excluding hydrogens is 258 g/mol. The molecule has 0 spiro atoms. The average molecular weight is 281 g/mol. The summed E-state index contributed by atoms with van der Waals surface area (Å²) in [4.78, 5) is 12.6. The van der Waals surface area contributed by atoms with Crippen LogP contribution < -0.4 is 5.73 Å². The first-order valence-corrected chi connectivity index (χ1v) is 7.35. The van der Waals surface area contributed by atoms with Crippen molar-refractivity contribution in [1.29, 1.82) is 0 Å². The van der Waals surface area contributed by atoms with Crippen molar-refractivity contribution in [2.75, 3.05) is 5.73 Å². The number of carbonyl (C=O) groups is 1. The monoisotopic (exact) mass is 281 g/mol. The number of carbonyl (C=O) groups excluding carboxylic acids is 1. The van der Waals surface area contributed by atoms with Crippen molar-refractivity contribution in [2.24, 2.45) is 0 Å². The third kappa shape index (κ3) is 3.52. The first kappa shape index (κ1) is 15.3. The van der Waals surface area contributed by atoms with Gasteiger partial charge in [0.25, 0.3) is 0 Å². The predicted octanol–water partition coefficient (Wildman–Crippen LogP) is 4.57. The SMILES string of the molecule is Cc1cc(C)c(C(=O)CC(C)c2ccc(N)cc2)cc1C. The zero-order chi connectivity index (χ0) is 15.6. The normalized spacial score (nSPS) is 12.2. The fraction of sp³-hybridized carbons (Fsp3) is 0.316. The maximum absolute atomic E-state index is 12.6. The van der Waals surface area contributed by atoms with E-state index in [9.17, 15) is 4.79 Å². The van der Waals surface area contributed by atoms with Gasteiger partial charge in [-0.05, 0) is 67.1 Å². The van der Waals surface area contributed by atoms with Crippen molar-refractivity contribution in [3.05, 3.63) is 64.2 Å². The van der Waals surface area contributed by atoms with Gasteiger partial charge in [-0.15, -0.1) is 0 Å². The van der Waals surface area contributed by atoms with Crippen molar-refractivity contribution in [2.45, 2.75) is 40.0 Å². The Morgan fingerprint density at radius 2 is 1.57 bits per heavy atom. The van der Waals surface area contributed by atoms with E-state index >= 15 is 0 Å². The van der Waals surface area contributed by atoms with E-state index in [2.05, 4.69) is 26.8 Å². The van der Waals surface area contributed by atoms with Crippen molar-refractivity contribution >= 4 is 11.5 Å². The van der Waals surface area contributed by atoms with Crippen LogP contribution in [0.25, 0.3) is 0 Å². The lowest BCUT2D eigenvalue weighted by Crippen LogP contribution is -2.08.